The number of hydrogen-bond acceptors (Lipinski definition) is 1. The van der Waals surface area contributed by atoms with Crippen molar-refractivity contribution in [2.75, 3.05) is 7.11 Å². The van der Waals surface area contributed by atoms with E-state index in [0.717, 1.165) is 11.3 Å². The maximum Gasteiger partial charge on any atom is 0.0607 e. The number of benzene rings is 1. The normalized spacial score (nSPS) is 7.36. The fourth-order valence-electron chi connectivity index (χ4n) is 0.703. The number of rotatable bonds is 1. The molecule has 0 N–H and O–H groups in total. The first-order valence-corrected chi connectivity index (χ1v) is 2.79. The van der Waals surface area contributed by atoms with Crippen molar-refractivity contribution in [1.82, 2.24) is 0 Å². The van der Waals surface area contributed by atoms with Gasteiger partial charge in [-0.2, -0.15) is 18.6 Å². The number of halogens is 1. The largest absolute Gasteiger partial charge is 0.554 e. The van der Waals surface area contributed by atoms with Crippen LogP contribution >= 0.6 is 17.0 Å². The SMILES string of the molecule is Br.[CH2-]c1ccccc1OC.[Zn]. The van der Waals surface area contributed by atoms with Crippen LogP contribution in [0.15, 0.2) is 24.3 Å². The Kier molecular flexibility index (Phi) is 8.25. The molecule has 0 bridgehead atoms. The molecule has 3 heteroatoms. The first kappa shape index (κ1) is 13.6. The third-order valence-electron chi connectivity index (χ3n) is 1.19. The average Bonchev–Trinajstić information content (AvgIpc) is 1.89. The first-order chi connectivity index (χ1) is 4.34. The van der Waals surface area contributed by atoms with Gasteiger partial charge in [-0.1, -0.05) is 12.1 Å². The maximum atomic E-state index is 4.98. The Bertz CT molecular complexity index is 203. The van der Waals surface area contributed by atoms with Gasteiger partial charge in [-0.3, -0.25) is 0 Å². The molecule has 0 heterocycles. The van der Waals surface area contributed by atoms with E-state index in [2.05, 4.69) is 6.92 Å². The summed E-state index contributed by atoms with van der Waals surface area (Å²) in [5.41, 5.74) is 0.931. The van der Waals surface area contributed by atoms with Crippen LogP contribution in [0.3, 0.4) is 0 Å². The molecule has 58 valence electrons. The van der Waals surface area contributed by atoms with E-state index in [0.29, 0.717) is 0 Å². The molecule has 0 aliphatic rings. The second-order valence-corrected chi connectivity index (χ2v) is 1.81. The minimum Gasteiger partial charge on any atom is -0.554 e. The summed E-state index contributed by atoms with van der Waals surface area (Å²) < 4.78 is 4.98. The Morgan fingerprint density at radius 3 is 2.18 bits per heavy atom. The second-order valence-electron chi connectivity index (χ2n) is 1.81. The van der Waals surface area contributed by atoms with Gasteiger partial charge < -0.3 is 4.74 Å². The van der Waals surface area contributed by atoms with Crippen LogP contribution in [-0.2, 0) is 19.5 Å². The fourth-order valence-corrected chi connectivity index (χ4v) is 0.703. The van der Waals surface area contributed by atoms with Crippen LogP contribution in [-0.4, -0.2) is 7.11 Å². The van der Waals surface area contributed by atoms with E-state index in [4.69, 9.17) is 4.74 Å². The third kappa shape index (κ3) is 3.78. The maximum absolute atomic E-state index is 4.98. The standard InChI is InChI=1S/C8H9O.BrH.Zn/c1-7-5-3-4-6-8(7)9-2;;/h3-6H,1H2,2H3;1H;/q-1;;. The predicted molar refractivity (Wildman–Crippen MR) is 47.8 cm³/mol. The summed E-state index contributed by atoms with van der Waals surface area (Å²) in [4.78, 5) is 0. The van der Waals surface area contributed by atoms with Gasteiger partial charge in [0.15, 0.2) is 0 Å². The van der Waals surface area contributed by atoms with Crippen molar-refractivity contribution in [1.29, 1.82) is 0 Å². The minimum atomic E-state index is 0. The molecule has 0 fully saturated rings. The number of ether oxygens (including phenoxy) is 1. The van der Waals surface area contributed by atoms with E-state index in [-0.39, 0.29) is 36.5 Å². The molecule has 0 aliphatic carbocycles. The van der Waals surface area contributed by atoms with E-state index in [1.165, 1.54) is 0 Å². The van der Waals surface area contributed by atoms with Crippen molar-refractivity contribution in [2.24, 2.45) is 0 Å². The van der Waals surface area contributed by atoms with Gasteiger partial charge in [0, 0.05) is 25.2 Å². The zero-order valence-corrected chi connectivity index (χ0v) is 11.2. The van der Waals surface area contributed by atoms with Crippen LogP contribution in [0.4, 0.5) is 0 Å². The van der Waals surface area contributed by atoms with Gasteiger partial charge >= 0.3 is 0 Å². The van der Waals surface area contributed by atoms with Crippen LogP contribution in [0.25, 0.3) is 0 Å². The van der Waals surface area contributed by atoms with Crippen LogP contribution in [0.1, 0.15) is 5.56 Å². The van der Waals surface area contributed by atoms with Crippen LogP contribution in [0, 0.1) is 6.92 Å². The summed E-state index contributed by atoms with van der Waals surface area (Å²) in [5, 5.41) is 0. The van der Waals surface area contributed by atoms with Crippen LogP contribution < -0.4 is 4.74 Å². The van der Waals surface area contributed by atoms with E-state index < -0.39 is 0 Å². The van der Waals surface area contributed by atoms with Crippen molar-refractivity contribution in [3.8, 4) is 5.75 Å². The first-order valence-electron chi connectivity index (χ1n) is 2.79. The summed E-state index contributed by atoms with van der Waals surface area (Å²) in [5.74, 6) is 0.845. The molecule has 11 heavy (non-hydrogen) atoms. The summed E-state index contributed by atoms with van der Waals surface area (Å²) in [6.07, 6.45) is 0. The molecule has 0 saturated heterocycles. The summed E-state index contributed by atoms with van der Waals surface area (Å²) >= 11 is 0. The molecule has 0 unspecified atom stereocenters. The summed E-state index contributed by atoms with van der Waals surface area (Å²) in [6.45, 7) is 3.77. The smallest absolute Gasteiger partial charge is 0.0607 e. The molecular formula is C8H10BrOZn-. The van der Waals surface area contributed by atoms with E-state index in [9.17, 15) is 0 Å². The van der Waals surface area contributed by atoms with Crippen molar-refractivity contribution < 1.29 is 24.2 Å². The van der Waals surface area contributed by atoms with E-state index in [1.54, 1.807) is 7.11 Å². The Morgan fingerprint density at radius 2 is 1.82 bits per heavy atom. The van der Waals surface area contributed by atoms with Crippen molar-refractivity contribution in [3.63, 3.8) is 0 Å². The average molecular weight is 267 g/mol. The van der Waals surface area contributed by atoms with E-state index in [1.807, 2.05) is 24.3 Å². The molecule has 0 amide bonds. The van der Waals surface area contributed by atoms with Crippen molar-refractivity contribution in [2.45, 2.75) is 0 Å². The zero-order valence-electron chi connectivity index (χ0n) is 6.54. The summed E-state index contributed by atoms with van der Waals surface area (Å²) in [6, 6.07) is 7.67. The Labute approximate surface area is 90.7 Å². The van der Waals surface area contributed by atoms with E-state index >= 15 is 0 Å². The molecule has 0 atom stereocenters. The second kappa shape index (κ2) is 6.69. The molecule has 0 spiro atoms. The van der Waals surface area contributed by atoms with Crippen molar-refractivity contribution >= 4 is 17.0 Å². The molecule has 0 aliphatic heterocycles. The van der Waals surface area contributed by atoms with Gasteiger partial charge in [0.1, 0.15) is 0 Å². The topological polar surface area (TPSA) is 9.23 Å². The van der Waals surface area contributed by atoms with Gasteiger partial charge in [-0.05, 0) is 0 Å². The quantitative estimate of drug-likeness (QED) is 0.561. The third-order valence-corrected chi connectivity index (χ3v) is 1.19. The molecule has 0 saturated carbocycles. The van der Waals surface area contributed by atoms with Gasteiger partial charge in [-0.15, -0.1) is 23.0 Å². The Morgan fingerprint density at radius 1 is 1.27 bits per heavy atom. The minimum absolute atomic E-state index is 0. The Balaban J connectivity index is 0. The molecule has 0 aromatic heterocycles. The monoisotopic (exact) mass is 265 g/mol. The molecule has 1 aromatic carbocycles. The van der Waals surface area contributed by atoms with Crippen LogP contribution in [0.2, 0.25) is 0 Å². The fraction of sp³-hybridized carbons (Fsp3) is 0.125. The van der Waals surface area contributed by atoms with Crippen molar-refractivity contribution in [3.05, 3.63) is 36.8 Å². The van der Waals surface area contributed by atoms with Crippen LogP contribution in [0.5, 0.6) is 5.75 Å². The van der Waals surface area contributed by atoms with Gasteiger partial charge in [0.25, 0.3) is 0 Å². The molecule has 1 aromatic rings. The molecule has 1 nitrogen and oxygen atoms in total. The zero-order chi connectivity index (χ0) is 6.69. The molecule has 0 radical (unpaired) electrons. The van der Waals surface area contributed by atoms with Gasteiger partial charge in [0.05, 0.1) is 7.11 Å². The predicted octanol–water partition coefficient (Wildman–Crippen LogP) is 2.45. The van der Waals surface area contributed by atoms with Gasteiger partial charge in [-0.25, -0.2) is 0 Å². The number of hydrogen-bond donors (Lipinski definition) is 0. The number of methoxy groups -OCH3 is 1. The Hall–Kier alpha value is -0.00662. The molecular weight excluding hydrogens is 257 g/mol. The van der Waals surface area contributed by atoms with Gasteiger partial charge in [0.2, 0.25) is 0 Å². The number of para-hydroxylation sites is 1. The summed E-state index contributed by atoms with van der Waals surface area (Å²) in [7, 11) is 1.64. The molecule has 1 rings (SSSR count).